The van der Waals surface area contributed by atoms with Gasteiger partial charge in [-0.2, -0.15) is 0 Å². The van der Waals surface area contributed by atoms with Crippen molar-refractivity contribution >= 4 is 52.3 Å². The van der Waals surface area contributed by atoms with Crippen LogP contribution in [0.3, 0.4) is 0 Å². The lowest BCUT2D eigenvalue weighted by atomic mass is 9.97. The van der Waals surface area contributed by atoms with Crippen LogP contribution in [0, 0.1) is 12.8 Å². The fourth-order valence-corrected chi connectivity index (χ4v) is 5.69. The topological polar surface area (TPSA) is 128 Å². The molecule has 11 heteroatoms. The fourth-order valence-electron chi connectivity index (χ4n) is 4.28. The number of aryl methyl sites for hydroxylation is 1. The molecule has 2 amide bonds. The van der Waals surface area contributed by atoms with Crippen molar-refractivity contribution in [3.05, 3.63) is 64.0 Å². The first-order chi connectivity index (χ1) is 18.2. The van der Waals surface area contributed by atoms with Crippen molar-refractivity contribution in [2.45, 2.75) is 19.8 Å². The molecule has 0 atom stereocenters. The number of nitrogens with one attached hydrogen (secondary N) is 2. The lowest BCUT2D eigenvalue weighted by molar-refractivity contribution is -0.139. The number of carboxylic acid groups (broad SMARTS) is 2. The Morgan fingerprint density at radius 2 is 1.79 bits per heavy atom. The summed E-state index contributed by atoms with van der Waals surface area (Å²) in [6.45, 7) is 3.37. The second-order valence-corrected chi connectivity index (χ2v) is 10.5. The fraction of sp³-hybridized carbons (Fsp3) is 0.296. The number of aromatic carboxylic acids is 1. The van der Waals surface area contributed by atoms with Crippen molar-refractivity contribution in [2.24, 2.45) is 5.92 Å². The number of thiophene rings is 1. The Morgan fingerprint density at radius 3 is 2.47 bits per heavy atom. The monoisotopic (exact) mass is 557 g/mol. The molecule has 4 rings (SSSR count). The van der Waals surface area contributed by atoms with Gasteiger partial charge in [0, 0.05) is 31.0 Å². The summed E-state index contributed by atoms with van der Waals surface area (Å²) in [6.07, 6.45) is 1.74. The number of hydrogen-bond donors (Lipinski definition) is 4. The van der Waals surface area contributed by atoms with Crippen LogP contribution in [-0.2, 0) is 4.79 Å². The quantitative estimate of drug-likeness (QED) is 0.258. The number of ether oxygens (including phenoxy) is 1. The lowest BCUT2D eigenvalue weighted by Crippen LogP contribution is -2.42. The van der Waals surface area contributed by atoms with E-state index in [-0.39, 0.29) is 21.7 Å². The number of carbonyl (C=O) groups is 3. The maximum absolute atomic E-state index is 12.6. The summed E-state index contributed by atoms with van der Waals surface area (Å²) in [4.78, 5) is 37.3. The van der Waals surface area contributed by atoms with Crippen LogP contribution in [0.4, 0.5) is 16.2 Å². The Bertz CT molecular complexity index is 1340. The SMILES string of the molecule is Cc1cccc(NC(=O)N2CCC(CNc3cccc(-c4sc(C(=O)O)c(OCC(=O)O)c4Cl)c3)CC2)c1. The van der Waals surface area contributed by atoms with Crippen LogP contribution in [0.5, 0.6) is 5.75 Å². The lowest BCUT2D eigenvalue weighted by Gasteiger charge is -2.32. The number of hydrogen-bond acceptors (Lipinski definition) is 6. The minimum atomic E-state index is -1.24. The Balaban J connectivity index is 1.34. The number of halogens is 1. The summed E-state index contributed by atoms with van der Waals surface area (Å²) < 4.78 is 5.16. The van der Waals surface area contributed by atoms with E-state index in [1.165, 1.54) is 0 Å². The number of amides is 2. The summed E-state index contributed by atoms with van der Waals surface area (Å²) in [6, 6.07) is 15.1. The summed E-state index contributed by atoms with van der Waals surface area (Å²) in [5.74, 6) is -2.22. The van der Waals surface area contributed by atoms with Gasteiger partial charge in [0.1, 0.15) is 5.02 Å². The molecule has 2 aromatic carbocycles. The molecular weight excluding hydrogens is 530 g/mol. The highest BCUT2D eigenvalue weighted by molar-refractivity contribution is 7.18. The Labute approximate surface area is 229 Å². The van der Waals surface area contributed by atoms with Crippen molar-refractivity contribution in [1.29, 1.82) is 0 Å². The van der Waals surface area contributed by atoms with E-state index < -0.39 is 18.5 Å². The van der Waals surface area contributed by atoms with Gasteiger partial charge in [-0.25, -0.2) is 14.4 Å². The average molecular weight is 558 g/mol. The van der Waals surface area contributed by atoms with Gasteiger partial charge in [0.15, 0.2) is 17.2 Å². The molecule has 1 aliphatic heterocycles. The third kappa shape index (κ3) is 6.76. The first-order valence-electron chi connectivity index (χ1n) is 12.1. The van der Waals surface area contributed by atoms with Crippen molar-refractivity contribution in [3.8, 4) is 16.2 Å². The number of anilines is 2. The number of piperidine rings is 1. The molecule has 3 aromatic rings. The second-order valence-electron chi connectivity index (χ2n) is 9.08. The number of aliphatic carboxylic acids is 1. The van der Waals surface area contributed by atoms with Gasteiger partial charge in [-0.3, -0.25) is 0 Å². The molecule has 0 aliphatic carbocycles. The van der Waals surface area contributed by atoms with Crippen molar-refractivity contribution < 1.29 is 29.3 Å². The molecule has 4 N–H and O–H groups in total. The Kier molecular flexibility index (Phi) is 8.75. The molecule has 1 aromatic heterocycles. The summed E-state index contributed by atoms with van der Waals surface area (Å²) >= 11 is 7.35. The van der Waals surface area contributed by atoms with Gasteiger partial charge in [0.05, 0.1) is 4.88 Å². The largest absolute Gasteiger partial charge is 0.479 e. The molecule has 0 bridgehead atoms. The second kappa shape index (κ2) is 12.2. The normalized spacial score (nSPS) is 13.7. The zero-order valence-corrected chi connectivity index (χ0v) is 22.3. The van der Waals surface area contributed by atoms with E-state index in [0.717, 1.165) is 47.7 Å². The summed E-state index contributed by atoms with van der Waals surface area (Å²) in [5.41, 5.74) is 3.42. The predicted molar refractivity (Wildman–Crippen MR) is 148 cm³/mol. The zero-order valence-electron chi connectivity index (χ0n) is 20.7. The van der Waals surface area contributed by atoms with E-state index in [4.69, 9.17) is 21.4 Å². The highest BCUT2D eigenvalue weighted by Crippen LogP contribution is 2.45. The average Bonchev–Trinajstić information content (AvgIpc) is 3.23. The highest BCUT2D eigenvalue weighted by atomic mass is 35.5. The van der Waals surface area contributed by atoms with Gasteiger partial charge in [0.25, 0.3) is 0 Å². The number of urea groups is 1. The third-order valence-corrected chi connectivity index (χ3v) is 7.91. The van der Waals surface area contributed by atoms with E-state index in [2.05, 4.69) is 10.6 Å². The van der Waals surface area contributed by atoms with E-state index in [0.29, 0.717) is 29.4 Å². The van der Waals surface area contributed by atoms with Crippen LogP contribution in [0.25, 0.3) is 10.4 Å². The van der Waals surface area contributed by atoms with Crippen molar-refractivity contribution in [1.82, 2.24) is 4.90 Å². The molecule has 1 saturated heterocycles. The smallest absolute Gasteiger partial charge is 0.349 e. The van der Waals surface area contributed by atoms with E-state index in [9.17, 15) is 19.5 Å². The van der Waals surface area contributed by atoms with Crippen LogP contribution in [-0.4, -0.2) is 59.3 Å². The molecule has 200 valence electrons. The Hall–Kier alpha value is -3.76. The number of benzene rings is 2. The number of rotatable bonds is 9. The first kappa shape index (κ1) is 27.3. The summed E-state index contributed by atoms with van der Waals surface area (Å²) in [5, 5.41) is 24.9. The van der Waals surface area contributed by atoms with E-state index >= 15 is 0 Å². The van der Waals surface area contributed by atoms with Gasteiger partial charge < -0.3 is 30.5 Å². The molecule has 2 heterocycles. The van der Waals surface area contributed by atoms with Gasteiger partial charge in [-0.1, -0.05) is 35.9 Å². The third-order valence-electron chi connectivity index (χ3n) is 6.23. The molecule has 38 heavy (non-hydrogen) atoms. The molecule has 1 aliphatic rings. The molecule has 0 radical (unpaired) electrons. The highest BCUT2D eigenvalue weighted by Gasteiger charge is 2.25. The Morgan fingerprint density at radius 1 is 1.08 bits per heavy atom. The van der Waals surface area contributed by atoms with Crippen LogP contribution < -0.4 is 15.4 Å². The first-order valence-corrected chi connectivity index (χ1v) is 13.3. The van der Waals surface area contributed by atoms with Gasteiger partial charge in [0.2, 0.25) is 0 Å². The van der Waals surface area contributed by atoms with Gasteiger partial charge >= 0.3 is 18.0 Å². The molecule has 0 unspecified atom stereocenters. The zero-order chi connectivity index (χ0) is 27.2. The molecule has 0 spiro atoms. The number of likely N-dealkylation sites (tertiary alicyclic amines) is 1. The van der Waals surface area contributed by atoms with E-state index in [1.807, 2.05) is 54.3 Å². The number of carboxylic acids is 2. The van der Waals surface area contributed by atoms with Crippen molar-refractivity contribution in [2.75, 3.05) is 36.9 Å². The van der Waals surface area contributed by atoms with Gasteiger partial charge in [-0.15, -0.1) is 11.3 Å². The van der Waals surface area contributed by atoms with Crippen LogP contribution in [0.1, 0.15) is 28.1 Å². The van der Waals surface area contributed by atoms with Crippen LogP contribution in [0.2, 0.25) is 5.02 Å². The van der Waals surface area contributed by atoms with Crippen LogP contribution in [0.15, 0.2) is 48.5 Å². The molecular formula is C27H28ClN3O6S. The molecule has 1 fully saturated rings. The number of carbonyl (C=O) groups excluding carboxylic acids is 1. The van der Waals surface area contributed by atoms with E-state index in [1.54, 1.807) is 6.07 Å². The maximum Gasteiger partial charge on any atom is 0.349 e. The van der Waals surface area contributed by atoms with Crippen LogP contribution >= 0.6 is 22.9 Å². The number of nitrogens with zero attached hydrogens (tertiary/aromatic N) is 1. The molecule has 9 nitrogen and oxygen atoms in total. The standard InChI is InChI=1S/C27H28ClN3O6S/c1-16-4-2-7-20(12-16)30-27(36)31-10-8-17(9-11-31)14-29-19-6-3-5-18(13-19)24-22(28)23(37-15-21(32)33)25(38-24)26(34)35/h2-7,12-13,17,29H,8-11,14-15H2,1H3,(H,30,36)(H,32,33)(H,34,35). The predicted octanol–water partition coefficient (Wildman–Crippen LogP) is 5.89. The maximum atomic E-state index is 12.6. The minimum Gasteiger partial charge on any atom is -0.479 e. The minimum absolute atomic E-state index is 0.0714. The molecule has 0 saturated carbocycles. The van der Waals surface area contributed by atoms with Crippen molar-refractivity contribution in [3.63, 3.8) is 0 Å². The van der Waals surface area contributed by atoms with Gasteiger partial charge in [-0.05, 0) is 61.1 Å². The summed E-state index contributed by atoms with van der Waals surface area (Å²) in [7, 11) is 0.